The third kappa shape index (κ3) is 9.38. The molecule has 0 radical (unpaired) electrons. The Morgan fingerprint density at radius 3 is 2.67 bits per heavy atom. The van der Waals surface area contributed by atoms with E-state index in [-0.39, 0.29) is 30.6 Å². The Morgan fingerprint density at radius 1 is 1.30 bits per heavy atom. The Bertz CT molecular complexity index is 685. The SMILES string of the molecule is CCNC(=NCC(O)COCc1ccccc1)N(C)Cc1ccc(Br)s1.I. The van der Waals surface area contributed by atoms with Gasteiger partial charge in [-0.05, 0) is 40.5 Å². The number of hydrogen-bond donors (Lipinski definition) is 2. The fourth-order valence-corrected chi connectivity index (χ4v) is 3.88. The van der Waals surface area contributed by atoms with Crippen LogP contribution in [-0.2, 0) is 17.9 Å². The summed E-state index contributed by atoms with van der Waals surface area (Å²) in [6.45, 7) is 4.63. The second kappa shape index (κ2) is 13.5. The summed E-state index contributed by atoms with van der Waals surface area (Å²) in [6, 6.07) is 14.1. The largest absolute Gasteiger partial charge is 0.389 e. The minimum Gasteiger partial charge on any atom is -0.389 e. The standard InChI is InChI=1S/C19H26BrN3O2S.HI/c1-3-21-19(23(2)12-17-9-10-18(20)26-17)22-11-16(24)14-25-13-15-7-5-4-6-8-15;/h4-10,16,24H,3,11-14H2,1-2H3,(H,21,22);1H. The van der Waals surface area contributed by atoms with Crippen molar-refractivity contribution < 1.29 is 9.84 Å². The Hall–Kier alpha value is -0.680. The fraction of sp³-hybridized carbons (Fsp3) is 0.421. The molecule has 0 amide bonds. The molecule has 1 unspecified atom stereocenters. The van der Waals surface area contributed by atoms with Crippen LogP contribution in [0, 0.1) is 0 Å². The molecule has 1 aromatic heterocycles. The third-order valence-corrected chi connectivity index (χ3v) is 5.20. The average molecular weight is 568 g/mol. The average Bonchev–Trinajstić information content (AvgIpc) is 3.04. The van der Waals surface area contributed by atoms with Gasteiger partial charge in [0.2, 0.25) is 0 Å². The number of ether oxygens (including phenoxy) is 1. The topological polar surface area (TPSA) is 57.1 Å². The Morgan fingerprint density at radius 2 is 2.04 bits per heavy atom. The van der Waals surface area contributed by atoms with Crippen LogP contribution in [0.5, 0.6) is 0 Å². The molecule has 0 aliphatic heterocycles. The minimum absolute atomic E-state index is 0. The quantitative estimate of drug-likeness (QED) is 0.272. The molecule has 2 aromatic rings. The minimum atomic E-state index is -0.628. The Balaban J connectivity index is 0.00000364. The number of hydrogen-bond acceptors (Lipinski definition) is 4. The molecule has 0 spiro atoms. The van der Waals surface area contributed by atoms with Gasteiger partial charge in [0.25, 0.3) is 0 Å². The van der Waals surface area contributed by atoms with Crippen LogP contribution < -0.4 is 5.32 Å². The van der Waals surface area contributed by atoms with Crippen molar-refractivity contribution in [2.45, 2.75) is 26.2 Å². The summed E-state index contributed by atoms with van der Waals surface area (Å²) in [6.07, 6.45) is -0.628. The summed E-state index contributed by atoms with van der Waals surface area (Å²) >= 11 is 5.20. The normalized spacial score (nSPS) is 12.4. The van der Waals surface area contributed by atoms with Crippen LogP contribution in [0.2, 0.25) is 0 Å². The van der Waals surface area contributed by atoms with Crippen molar-refractivity contribution in [1.82, 2.24) is 10.2 Å². The molecule has 27 heavy (non-hydrogen) atoms. The first-order chi connectivity index (χ1) is 12.6. The maximum atomic E-state index is 10.1. The number of aliphatic hydroxyl groups excluding tert-OH is 1. The molecule has 2 N–H and O–H groups in total. The molecule has 1 heterocycles. The van der Waals surface area contributed by atoms with E-state index >= 15 is 0 Å². The van der Waals surface area contributed by atoms with Crippen molar-refractivity contribution in [3.05, 3.63) is 56.7 Å². The van der Waals surface area contributed by atoms with Gasteiger partial charge in [-0.1, -0.05) is 30.3 Å². The molecule has 0 aliphatic rings. The van der Waals surface area contributed by atoms with Gasteiger partial charge in [0.15, 0.2) is 5.96 Å². The molecule has 2 rings (SSSR count). The third-order valence-electron chi connectivity index (χ3n) is 3.59. The van der Waals surface area contributed by atoms with Gasteiger partial charge in [-0.15, -0.1) is 35.3 Å². The smallest absolute Gasteiger partial charge is 0.194 e. The summed E-state index contributed by atoms with van der Waals surface area (Å²) in [5.74, 6) is 0.777. The number of nitrogens with one attached hydrogen (secondary N) is 1. The van der Waals surface area contributed by atoms with E-state index in [0.29, 0.717) is 13.2 Å². The maximum absolute atomic E-state index is 10.1. The number of benzene rings is 1. The summed E-state index contributed by atoms with van der Waals surface area (Å²) in [7, 11) is 1.99. The monoisotopic (exact) mass is 567 g/mol. The fourth-order valence-electron chi connectivity index (χ4n) is 2.35. The van der Waals surface area contributed by atoms with Gasteiger partial charge < -0.3 is 20.1 Å². The van der Waals surface area contributed by atoms with E-state index in [1.807, 2.05) is 50.4 Å². The van der Waals surface area contributed by atoms with Gasteiger partial charge >= 0.3 is 0 Å². The number of halogens is 2. The second-order valence-electron chi connectivity index (χ2n) is 5.91. The summed E-state index contributed by atoms with van der Waals surface area (Å²) in [4.78, 5) is 7.84. The first-order valence-electron chi connectivity index (χ1n) is 8.62. The number of guanidine groups is 1. The van der Waals surface area contributed by atoms with Crippen molar-refractivity contribution >= 4 is 57.2 Å². The molecule has 0 saturated heterocycles. The van der Waals surface area contributed by atoms with Crippen LogP contribution >= 0.6 is 51.2 Å². The predicted molar refractivity (Wildman–Crippen MR) is 127 cm³/mol. The van der Waals surface area contributed by atoms with Gasteiger partial charge in [-0.25, -0.2) is 0 Å². The van der Waals surface area contributed by atoms with Gasteiger partial charge in [-0.3, -0.25) is 4.99 Å². The lowest BCUT2D eigenvalue weighted by atomic mass is 10.2. The van der Waals surface area contributed by atoms with Gasteiger partial charge in [0, 0.05) is 18.5 Å². The molecule has 1 aromatic carbocycles. The predicted octanol–water partition coefficient (Wildman–Crippen LogP) is 4.10. The lowest BCUT2D eigenvalue weighted by molar-refractivity contribution is 0.0330. The molecule has 0 fully saturated rings. The Labute approximate surface area is 191 Å². The summed E-state index contributed by atoms with van der Waals surface area (Å²) < 4.78 is 6.70. The highest BCUT2D eigenvalue weighted by molar-refractivity contribution is 14.0. The molecule has 8 heteroatoms. The number of aliphatic imine (C=N–C) groups is 1. The van der Waals surface area contributed by atoms with Crippen molar-refractivity contribution in [3.63, 3.8) is 0 Å². The van der Waals surface area contributed by atoms with Crippen molar-refractivity contribution in [2.24, 2.45) is 4.99 Å². The molecule has 5 nitrogen and oxygen atoms in total. The van der Waals surface area contributed by atoms with Crippen LogP contribution in [0.1, 0.15) is 17.4 Å². The second-order valence-corrected chi connectivity index (χ2v) is 8.46. The lowest BCUT2D eigenvalue weighted by Crippen LogP contribution is -2.39. The van der Waals surface area contributed by atoms with E-state index < -0.39 is 6.10 Å². The molecular formula is C19H27BrIN3O2S. The highest BCUT2D eigenvalue weighted by atomic mass is 127. The molecule has 150 valence electrons. The zero-order valence-electron chi connectivity index (χ0n) is 15.6. The number of nitrogens with zero attached hydrogens (tertiary/aromatic N) is 2. The van der Waals surface area contributed by atoms with E-state index in [1.165, 1.54) is 4.88 Å². The first-order valence-corrected chi connectivity index (χ1v) is 10.2. The molecule has 0 bridgehead atoms. The summed E-state index contributed by atoms with van der Waals surface area (Å²) in [5, 5.41) is 13.4. The zero-order chi connectivity index (χ0) is 18.8. The van der Waals surface area contributed by atoms with E-state index in [4.69, 9.17) is 4.74 Å². The molecule has 0 saturated carbocycles. The van der Waals surface area contributed by atoms with Crippen molar-refractivity contribution in [2.75, 3.05) is 26.7 Å². The van der Waals surface area contributed by atoms with Crippen molar-refractivity contribution in [1.29, 1.82) is 0 Å². The summed E-state index contributed by atoms with van der Waals surface area (Å²) in [5.41, 5.74) is 1.10. The van der Waals surface area contributed by atoms with Crippen LogP contribution in [0.15, 0.2) is 51.2 Å². The molecular weight excluding hydrogens is 541 g/mol. The highest BCUT2D eigenvalue weighted by Crippen LogP contribution is 2.22. The molecule has 1 atom stereocenters. The van der Waals surface area contributed by atoms with Crippen LogP contribution in [-0.4, -0.2) is 48.8 Å². The Kier molecular flexibility index (Phi) is 12.2. The van der Waals surface area contributed by atoms with Crippen LogP contribution in [0.25, 0.3) is 0 Å². The zero-order valence-corrected chi connectivity index (χ0v) is 20.3. The number of thiophene rings is 1. The van der Waals surface area contributed by atoms with Crippen LogP contribution in [0.3, 0.4) is 0 Å². The van der Waals surface area contributed by atoms with E-state index in [1.54, 1.807) is 11.3 Å². The van der Waals surface area contributed by atoms with Gasteiger partial charge in [0.1, 0.15) is 0 Å². The first kappa shape index (κ1) is 24.4. The number of aliphatic hydroxyl groups is 1. The van der Waals surface area contributed by atoms with E-state index in [2.05, 4.69) is 37.2 Å². The van der Waals surface area contributed by atoms with Gasteiger partial charge in [-0.2, -0.15) is 0 Å². The maximum Gasteiger partial charge on any atom is 0.194 e. The lowest BCUT2D eigenvalue weighted by Gasteiger charge is -2.22. The molecule has 0 aliphatic carbocycles. The highest BCUT2D eigenvalue weighted by Gasteiger charge is 2.10. The van der Waals surface area contributed by atoms with E-state index in [9.17, 15) is 5.11 Å². The number of rotatable bonds is 9. The van der Waals surface area contributed by atoms with E-state index in [0.717, 1.165) is 28.4 Å². The van der Waals surface area contributed by atoms with Gasteiger partial charge in [0.05, 0.1) is 36.2 Å². The van der Waals surface area contributed by atoms with Crippen LogP contribution in [0.4, 0.5) is 0 Å². The van der Waals surface area contributed by atoms with Crippen molar-refractivity contribution in [3.8, 4) is 0 Å².